The lowest BCUT2D eigenvalue weighted by Crippen LogP contribution is -2.08. The van der Waals surface area contributed by atoms with Crippen molar-refractivity contribution in [2.24, 2.45) is 0 Å². The Morgan fingerprint density at radius 3 is 2.86 bits per heavy atom. The number of hydrogen-bond donors (Lipinski definition) is 2. The molecule has 0 bridgehead atoms. The number of benzene rings is 1. The second kappa shape index (κ2) is 6.95. The molecule has 3 rings (SSSR count). The van der Waals surface area contributed by atoms with Crippen LogP contribution in [0.3, 0.4) is 0 Å². The lowest BCUT2D eigenvalue weighted by atomic mass is 10.3. The van der Waals surface area contributed by atoms with Crippen molar-refractivity contribution < 1.29 is 0 Å². The van der Waals surface area contributed by atoms with E-state index in [1.165, 1.54) is 11.8 Å². The Balaban J connectivity index is 1.72. The normalized spacial score (nSPS) is 10.6. The fraction of sp³-hybridized carbons (Fsp3) is 0.0714. The molecule has 0 unspecified atom stereocenters. The topological polar surface area (TPSA) is 76.7 Å². The highest BCUT2D eigenvalue weighted by Gasteiger charge is 2.07. The van der Waals surface area contributed by atoms with Crippen molar-refractivity contribution in [1.82, 2.24) is 15.0 Å². The Bertz CT molecular complexity index is 764. The molecule has 0 atom stereocenters. The lowest BCUT2D eigenvalue weighted by Gasteiger charge is -2.07. The maximum absolute atomic E-state index is 5.95. The molecule has 0 aliphatic carbocycles. The molecule has 0 amide bonds. The molecule has 0 saturated carbocycles. The van der Waals surface area contributed by atoms with Crippen LogP contribution in [-0.2, 0) is 6.54 Å². The van der Waals surface area contributed by atoms with Gasteiger partial charge in [-0.3, -0.25) is 0 Å². The van der Waals surface area contributed by atoms with E-state index in [2.05, 4.69) is 20.3 Å². The van der Waals surface area contributed by atoms with Crippen molar-refractivity contribution in [3.8, 4) is 0 Å². The number of thiophene rings is 1. The zero-order chi connectivity index (χ0) is 15.4. The summed E-state index contributed by atoms with van der Waals surface area (Å²) >= 11 is 9.06. The highest BCUT2D eigenvalue weighted by molar-refractivity contribution is 8.01. The summed E-state index contributed by atoms with van der Waals surface area (Å²) in [4.78, 5) is 12.7. The van der Waals surface area contributed by atoms with Crippen LogP contribution in [0.4, 0.5) is 11.6 Å². The van der Waals surface area contributed by atoms with E-state index < -0.39 is 0 Å². The van der Waals surface area contributed by atoms with Crippen molar-refractivity contribution >= 4 is 46.3 Å². The van der Waals surface area contributed by atoms with Crippen LogP contribution in [0.5, 0.6) is 0 Å². The minimum absolute atomic E-state index is 0.219. The molecular weight excluding hydrogens is 338 g/mol. The number of nitrogens with one attached hydrogen (secondary N) is 1. The van der Waals surface area contributed by atoms with Crippen LogP contribution in [0.1, 0.15) is 5.82 Å². The van der Waals surface area contributed by atoms with E-state index in [-0.39, 0.29) is 5.95 Å². The maximum Gasteiger partial charge on any atom is 0.224 e. The van der Waals surface area contributed by atoms with Gasteiger partial charge in [0.25, 0.3) is 0 Å². The number of rotatable bonds is 5. The third kappa shape index (κ3) is 4.09. The average Bonchev–Trinajstić information content (AvgIpc) is 2.98. The van der Waals surface area contributed by atoms with E-state index in [1.807, 2.05) is 41.8 Å². The van der Waals surface area contributed by atoms with Gasteiger partial charge in [-0.2, -0.15) is 9.97 Å². The number of anilines is 2. The van der Waals surface area contributed by atoms with Crippen LogP contribution < -0.4 is 11.1 Å². The molecule has 5 nitrogen and oxygen atoms in total. The smallest absolute Gasteiger partial charge is 0.224 e. The largest absolute Gasteiger partial charge is 0.378 e. The van der Waals surface area contributed by atoms with Crippen LogP contribution >= 0.6 is 34.7 Å². The summed E-state index contributed by atoms with van der Waals surface area (Å²) in [5, 5.41) is 6.49. The quantitative estimate of drug-likeness (QED) is 0.726. The third-order valence-corrected chi connectivity index (χ3v) is 4.78. The zero-order valence-electron chi connectivity index (χ0n) is 11.4. The Kier molecular flexibility index (Phi) is 4.77. The summed E-state index contributed by atoms with van der Waals surface area (Å²) < 4.78 is 1.11. The fourth-order valence-corrected chi connectivity index (χ4v) is 3.57. The van der Waals surface area contributed by atoms with Crippen molar-refractivity contribution in [1.29, 1.82) is 0 Å². The van der Waals surface area contributed by atoms with Crippen LogP contribution in [-0.4, -0.2) is 15.0 Å². The van der Waals surface area contributed by atoms with Crippen LogP contribution in [0.25, 0.3) is 0 Å². The summed E-state index contributed by atoms with van der Waals surface area (Å²) in [6.07, 6.45) is 0. The van der Waals surface area contributed by atoms with Gasteiger partial charge in [-0.05, 0) is 41.4 Å². The average molecular weight is 350 g/mol. The molecule has 8 heteroatoms. The SMILES string of the molecule is Nc1nc(CNc2cccc(Cl)c2)nc(Sc2cccs2)n1. The van der Waals surface area contributed by atoms with Gasteiger partial charge in [0, 0.05) is 10.7 Å². The molecule has 2 aromatic heterocycles. The zero-order valence-corrected chi connectivity index (χ0v) is 13.8. The van der Waals surface area contributed by atoms with Crippen LogP contribution in [0.15, 0.2) is 51.1 Å². The third-order valence-electron chi connectivity index (χ3n) is 2.64. The van der Waals surface area contributed by atoms with E-state index in [4.69, 9.17) is 17.3 Å². The van der Waals surface area contributed by atoms with Crippen molar-refractivity contribution in [3.63, 3.8) is 0 Å². The van der Waals surface area contributed by atoms with Gasteiger partial charge in [0.15, 0.2) is 11.0 Å². The number of halogens is 1. The molecule has 0 aliphatic heterocycles. The maximum atomic E-state index is 5.95. The molecule has 2 heterocycles. The van der Waals surface area contributed by atoms with Crippen molar-refractivity contribution in [2.45, 2.75) is 15.9 Å². The molecule has 0 fully saturated rings. The minimum Gasteiger partial charge on any atom is -0.378 e. The van der Waals surface area contributed by atoms with Gasteiger partial charge in [-0.1, -0.05) is 23.7 Å². The molecule has 112 valence electrons. The second-order valence-electron chi connectivity index (χ2n) is 4.29. The second-order valence-corrected chi connectivity index (χ2v) is 6.94. The summed E-state index contributed by atoms with van der Waals surface area (Å²) in [5.41, 5.74) is 6.66. The number of aromatic nitrogens is 3. The highest BCUT2D eigenvalue weighted by atomic mass is 35.5. The van der Waals surface area contributed by atoms with Gasteiger partial charge in [-0.25, -0.2) is 4.98 Å². The lowest BCUT2D eigenvalue weighted by molar-refractivity contribution is 0.830. The van der Waals surface area contributed by atoms with E-state index in [0.29, 0.717) is 22.5 Å². The molecule has 0 aliphatic rings. The predicted molar refractivity (Wildman–Crippen MR) is 91.5 cm³/mol. The van der Waals surface area contributed by atoms with Crippen molar-refractivity contribution in [3.05, 3.63) is 52.6 Å². The summed E-state index contributed by atoms with van der Waals surface area (Å²) in [5.74, 6) is 0.809. The first-order valence-corrected chi connectivity index (χ1v) is 8.48. The Hall–Kier alpha value is -1.83. The Morgan fingerprint density at radius 2 is 2.09 bits per heavy atom. The monoisotopic (exact) mass is 349 g/mol. The van der Waals surface area contributed by atoms with Crippen molar-refractivity contribution in [2.75, 3.05) is 11.1 Å². The molecular formula is C14H12ClN5S2. The predicted octanol–water partition coefficient (Wildman–Crippen LogP) is 3.93. The van der Waals surface area contributed by atoms with Gasteiger partial charge < -0.3 is 11.1 Å². The molecule has 0 radical (unpaired) electrons. The summed E-state index contributed by atoms with van der Waals surface area (Å²) in [6, 6.07) is 11.5. The minimum atomic E-state index is 0.219. The number of hydrogen-bond acceptors (Lipinski definition) is 7. The molecule has 0 spiro atoms. The van der Waals surface area contributed by atoms with Gasteiger partial charge >= 0.3 is 0 Å². The van der Waals surface area contributed by atoms with E-state index in [9.17, 15) is 0 Å². The van der Waals surface area contributed by atoms with E-state index >= 15 is 0 Å². The number of nitrogen functional groups attached to an aromatic ring is 1. The van der Waals surface area contributed by atoms with Gasteiger partial charge in [0.05, 0.1) is 10.8 Å². The number of nitrogens with zero attached hydrogens (tertiary/aromatic N) is 3. The first-order chi connectivity index (χ1) is 10.7. The molecule has 3 aromatic rings. The first-order valence-electron chi connectivity index (χ1n) is 6.40. The fourth-order valence-electron chi connectivity index (χ4n) is 1.73. The van der Waals surface area contributed by atoms with Gasteiger partial charge in [0.1, 0.15) is 0 Å². The molecule has 0 saturated heterocycles. The summed E-state index contributed by atoms with van der Waals surface area (Å²) in [6.45, 7) is 0.449. The molecule has 3 N–H and O–H groups in total. The van der Waals surface area contributed by atoms with Gasteiger partial charge in [-0.15, -0.1) is 11.3 Å². The highest BCUT2D eigenvalue weighted by Crippen LogP contribution is 2.28. The standard InChI is InChI=1S/C14H12ClN5S2/c15-9-3-1-4-10(7-9)17-8-11-18-13(16)20-14(19-11)22-12-5-2-6-21-12/h1-7,17H,8H2,(H2,16,18,19,20). The summed E-state index contributed by atoms with van der Waals surface area (Å²) in [7, 11) is 0. The molecule has 22 heavy (non-hydrogen) atoms. The van der Waals surface area contributed by atoms with E-state index in [1.54, 1.807) is 11.3 Å². The van der Waals surface area contributed by atoms with Gasteiger partial charge in [0.2, 0.25) is 5.95 Å². The van der Waals surface area contributed by atoms with Crippen LogP contribution in [0.2, 0.25) is 5.02 Å². The Labute approximate surface area is 141 Å². The van der Waals surface area contributed by atoms with Crippen LogP contribution in [0, 0.1) is 0 Å². The Morgan fingerprint density at radius 1 is 1.18 bits per heavy atom. The van der Waals surface area contributed by atoms with E-state index in [0.717, 1.165) is 9.90 Å². The number of nitrogens with two attached hydrogens (primary N) is 1. The first kappa shape index (κ1) is 15.1. The molecule has 1 aromatic carbocycles.